The predicted molar refractivity (Wildman–Crippen MR) is 81.7 cm³/mol. The van der Waals surface area contributed by atoms with Gasteiger partial charge in [0.2, 0.25) is 0 Å². The van der Waals surface area contributed by atoms with Crippen molar-refractivity contribution in [2.75, 3.05) is 13.2 Å². The summed E-state index contributed by atoms with van der Waals surface area (Å²) >= 11 is 0. The van der Waals surface area contributed by atoms with Gasteiger partial charge in [0.1, 0.15) is 13.2 Å². The zero-order chi connectivity index (χ0) is 20.8. The molecule has 0 rings (SSSR count). The molecule has 152 valence electrons. The van der Waals surface area contributed by atoms with Crippen LogP contribution in [0.15, 0.2) is 0 Å². The molecule has 26 heavy (non-hydrogen) atoms. The molecule has 0 aliphatic heterocycles. The molecule has 0 radical (unpaired) electrons. The third-order valence-electron chi connectivity index (χ3n) is 3.37. The van der Waals surface area contributed by atoms with Gasteiger partial charge in [-0.2, -0.15) is 17.6 Å². The van der Waals surface area contributed by atoms with Gasteiger partial charge in [0.25, 0.3) is 0 Å². The smallest absolute Gasteiger partial charge is 0.377 e. The fourth-order valence-corrected chi connectivity index (χ4v) is 1.44. The Bertz CT molecular complexity index is 517. The monoisotopic (exact) mass is 388 g/mol. The van der Waals surface area contributed by atoms with E-state index in [1.165, 1.54) is 13.8 Å². The largest absolute Gasteiger partial charge is 0.462 e. The maximum Gasteiger partial charge on any atom is 0.377 e. The Morgan fingerprint density at radius 1 is 0.846 bits per heavy atom. The van der Waals surface area contributed by atoms with Crippen molar-refractivity contribution in [3.8, 4) is 0 Å². The van der Waals surface area contributed by atoms with Crippen LogP contribution in [0.25, 0.3) is 0 Å². The van der Waals surface area contributed by atoms with Gasteiger partial charge in [-0.15, -0.1) is 0 Å². The SMILES string of the molecule is CCC(C)(C)C(=O)OCCOC(=O)C(F)(F)CC(F)(F)C(=O)OC(C)C. The summed E-state index contributed by atoms with van der Waals surface area (Å²) in [5.74, 6) is -14.2. The molecular weight excluding hydrogens is 364 g/mol. The summed E-state index contributed by atoms with van der Waals surface area (Å²) in [6, 6.07) is 0. The minimum absolute atomic E-state index is 0.464. The van der Waals surface area contributed by atoms with E-state index in [4.69, 9.17) is 4.74 Å². The van der Waals surface area contributed by atoms with Crippen molar-refractivity contribution in [2.45, 2.75) is 65.4 Å². The first-order valence-corrected chi connectivity index (χ1v) is 7.97. The number of alkyl halides is 4. The van der Waals surface area contributed by atoms with Gasteiger partial charge in [-0.1, -0.05) is 6.92 Å². The molecule has 0 heterocycles. The third-order valence-corrected chi connectivity index (χ3v) is 3.37. The van der Waals surface area contributed by atoms with Gasteiger partial charge >= 0.3 is 29.8 Å². The molecule has 0 bridgehead atoms. The Labute approximate surface area is 149 Å². The van der Waals surface area contributed by atoms with Gasteiger partial charge in [0.15, 0.2) is 0 Å². The van der Waals surface area contributed by atoms with Crippen molar-refractivity contribution in [1.29, 1.82) is 0 Å². The second kappa shape index (κ2) is 9.18. The Balaban J connectivity index is 4.56. The van der Waals surface area contributed by atoms with E-state index in [0.717, 1.165) is 0 Å². The number of hydrogen-bond acceptors (Lipinski definition) is 6. The molecule has 6 nitrogen and oxygen atoms in total. The predicted octanol–water partition coefficient (Wildman–Crippen LogP) is 3.12. The molecule has 0 aromatic heterocycles. The lowest BCUT2D eigenvalue weighted by molar-refractivity contribution is -0.199. The molecule has 0 N–H and O–H groups in total. The summed E-state index contributed by atoms with van der Waals surface area (Å²) in [4.78, 5) is 34.0. The summed E-state index contributed by atoms with van der Waals surface area (Å²) in [6.07, 6.45) is -2.85. The first-order valence-electron chi connectivity index (χ1n) is 7.97. The van der Waals surface area contributed by atoms with Crippen molar-refractivity contribution in [3.63, 3.8) is 0 Å². The van der Waals surface area contributed by atoms with Gasteiger partial charge < -0.3 is 14.2 Å². The van der Waals surface area contributed by atoms with Crippen LogP contribution in [-0.2, 0) is 28.6 Å². The van der Waals surface area contributed by atoms with E-state index in [2.05, 4.69) is 9.47 Å². The lowest BCUT2D eigenvalue weighted by Crippen LogP contribution is -2.43. The highest BCUT2D eigenvalue weighted by Gasteiger charge is 2.55. The highest BCUT2D eigenvalue weighted by Crippen LogP contribution is 2.33. The van der Waals surface area contributed by atoms with Crippen LogP contribution in [0.3, 0.4) is 0 Å². The number of carbonyl (C=O) groups excluding carboxylic acids is 3. The van der Waals surface area contributed by atoms with Crippen LogP contribution in [0.4, 0.5) is 17.6 Å². The summed E-state index contributed by atoms with van der Waals surface area (Å²) in [5, 5.41) is 0. The average molecular weight is 388 g/mol. The summed E-state index contributed by atoms with van der Waals surface area (Å²) in [6.45, 7) is 6.24. The summed E-state index contributed by atoms with van der Waals surface area (Å²) < 4.78 is 67.2. The van der Waals surface area contributed by atoms with Gasteiger partial charge in [0.05, 0.1) is 17.9 Å². The molecule has 0 saturated heterocycles. The topological polar surface area (TPSA) is 78.9 Å². The molecule has 10 heteroatoms. The minimum atomic E-state index is -4.62. The van der Waals surface area contributed by atoms with E-state index in [9.17, 15) is 31.9 Å². The van der Waals surface area contributed by atoms with Crippen molar-refractivity contribution < 1.29 is 46.2 Å². The molecule has 0 amide bonds. The number of ether oxygens (including phenoxy) is 3. The number of carbonyl (C=O) groups is 3. The van der Waals surface area contributed by atoms with Crippen LogP contribution in [0.1, 0.15) is 47.5 Å². The highest BCUT2D eigenvalue weighted by molar-refractivity contribution is 5.82. The number of hydrogen-bond donors (Lipinski definition) is 0. The maximum absolute atomic E-state index is 13.6. The minimum Gasteiger partial charge on any atom is -0.462 e. The number of esters is 3. The normalized spacial score (nSPS) is 12.7. The van der Waals surface area contributed by atoms with E-state index < -0.39 is 60.9 Å². The molecule has 0 unspecified atom stereocenters. The van der Waals surface area contributed by atoms with Crippen LogP contribution >= 0.6 is 0 Å². The van der Waals surface area contributed by atoms with E-state index in [1.54, 1.807) is 20.8 Å². The maximum atomic E-state index is 13.6. The molecule has 0 saturated carbocycles. The van der Waals surface area contributed by atoms with E-state index >= 15 is 0 Å². The first-order chi connectivity index (χ1) is 11.7. The van der Waals surface area contributed by atoms with Crippen LogP contribution in [0.2, 0.25) is 0 Å². The fourth-order valence-electron chi connectivity index (χ4n) is 1.44. The van der Waals surface area contributed by atoms with E-state index in [0.29, 0.717) is 6.42 Å². The molecule has 0 aliphatic rings. The first kappa shape index (κ1) is 24.1. The van der Waals surface area contributed by atoms with E-state index in [1.807, 2.05) is 0 Å². The Hall–Kier alpha value is -1.87. The lowest BCUT2D eigenvalue weighted by atomic mass is 9.91. The van der Waals surface area contributed by atoms with Crippen LogP contribution < -0.4 is 0 Å². The van der Waals surface area contributed by atoms with Crippen molar-refractivity contribution >= 4 is 17.9 Å². The highest BCUT2D eigenvalue weighted by atomic mass is 19.3. The van der Waals surface area contributed by atoms with Gasteiger partial charge in [-0.05, 0) is 34.1 Å². The van der Waals surface area contributed by atoms with E-state index in [-0.39, 0.29) is 0 Å². The fraction of sp³-hybridized carbons (Fsp3) is 0.812. The van der Waals surface area contributed by atoms with Crippen molar-refractivity contribution in [3.05, 3.63) is 0 Å². The zero-order valence-corrected chi connectivity index (χ0v) is 15.4. The second-order valence-electron chi connectivity index (χ2n) is 6.55. The molecular formula is C16H24F4O6. The molecule has 0 fully saturated rings. The summed E-state index contributed by atoms with van der Waals surface area (Å²) in [7, 11) is 0. The standard InChI is InChI=1S/C16H24F4O6/c1-6-14(4,5)11(21)24-7-8-25-12(22)15(17,18)9-16(19,20)13(23)26-10(2)3/h10H,6-9H2,1-5H3. The Morgan fingerprint density at radius 2 is 1.27 bits per heavy atom. The molecule has 0 spiro atoms. The quantitative estimate of drug-likeness (QED) is 0.248. The Kier molecular flexibility index (Phi) is 8.52. The second-order valence-corrected chi connectivity index (χ2v) is 6.55. The van der Waals surface area contributed by atoms with Gasteiger partial charge in [0, 0.05) is 0 Å². The average Bonchev–Trinajstić information content (AvgIpc) is 2.49. The van der Waals surface area contributed by atoms with Crippen LogP contribution in [0.5, 0.6) is 0 Å². The van der Waals surface area contributed by atoms with Crippen molar-refractivity contribution in [2.24, 2.45) is 5.41 Å². The Morgan fingerprint density at radius 3 is 1.69 bits per heavy atom. The summed E-state index contributed by atoms with van der Waals surface area (Å²) in [5.41, 5.74) is -0.799. The number of halogens is 4. The molecule has 0 atom stereocenters. The molecule has 0 aromatic rings. The van der Waals surface area contributed by atoms with Crippen LogP contribution in [-0.4, -0.2) is 49.1 Å². The molecule has 0 aromatic carbocycles. The van der Waals surface area contributed by atoms with Gasteiger partial charge in [-0.3, -0.25) is 4.79 Å². The molecule has 0 aliphatic carbocycles. The third kappa shape index (κ3) is 7.57. The zero-order valence-electron chi connectivity index (χ0n) is 15.4. The van der Waals surface area contributed by atoms with Crippen LogP contribution in [0, 0.1) is 5.41 Å². The number of rotatable bonds is 10. The van der Waals surface area contributed by atoms with Gasteiger partial charge in [-0.25, -0.2) is 9.59 Å². The lowest BCUT2D eigenvalue weighted by Gasteiger charge is -2.22. The van der Waals surface area contributed by atoms with Crippen molar-refractivity contribution in [1.82, 2.24) is 0 Å².